The lowest BCUT2D eigenvalue weighted by atomic mass is 9.89. The number of carbonyl (C=O) groups is 1. The molecule has 21 heavy (non-hydrogen) atoms. The fourth-order valence-electron chi connectivity index (χ4n) is 3.10. The lowest BCUT2D eigenvalue weighted by Crippen LogP contribution is -2.46. The Morgan fingerprint density at radius 2 is 2.19 bits per heavy atom. The summed E-state index contributed by atoms with van der Waals surface area (Å²) >= 11 is 3.53. The van der Waals surface area contributed by atoms with Gasteiger partial charge in [-0.3, -0.25) is 0 Å². The molecule has 2 atom stereocenters. The zero-order chi connectivity index (χ0) is 15.2. The Morgan fingerprint density at radius 1 is 1.43 bits per heavy atom. The van der Waals surface area contributed by atoms with E-state index in [0.29, 0.717) is 12.0 Å². The fraction of sp³-hybridized carbons (Fsp3) is 0.562. The van der Waals surface area contributed by atoms with Gasteiger partial charge in [0.1, 0.15) is 5.60 Å². The summed E-state index contributed by atoms with van der Waals surface area (Å²) in [6.07, 6.45) is 0.750. The van der Waals surface area contributed by atoms with Crippen LogP contribution < -0.4 is 5.32 Å². The van der Waals surface area contributed by atoms with Gasteiger partial charge in [0.15, 0.2) is 0 Å². The number of halogens is 1. The number of hydrogen-bond acceptors (Lipinski definition) is 3. The molecule has 1 saturated heterocycles. The molecule has 0 aliphatic carbocycles. The van der Waals surface area contributed by atoms with Crippen LogP contribution in [0.25, 0.3) is 0 Å². The van der Waals surface area contributed by atoms with E-state index in [0.717, 1.165) is 24.0 Å². The number of amides is 1. The van der Waals surface area contributed by atoms with Crippen molar-refractivity contribution in [3.8, 4) is 0 Å². The lowest BCUT2D eigenvalue weighted by molar-refractivity contribution is 0.0195. The molecule has 0 bridgehead atoms. The third-order valence-electron chi connectivity index (χ3n) is 4.02. The van der Waals surface area contributed by atoms with Gasteiger partial charge in [-0.05, 0) is 51.0 Å². The van der Waals surface area contributed by atoms with E-state index in [-0.39, 0.29) is 6.09 Å². The molecule has 3 rings (SSSR count). The summed E-state index contributed by atoms with van der Waals surface area (Å²) in [6, 6.07) is 6.74. The van der Waals surface area contributed by atoms with E-state index < -0.39 is 5.60 Å². The van der Waals surface area contributed by atoms with Gasteiger partial charge in [-0.25, -0.2) is 4.79 Å². The molecule has 5 heteroatoms. The van der Waals surface area contributed by atoms with Crippen LogP contribution in [0.3, 0.4) is 0 Å². The van der Waals surface area contributed by atoms with Crippen LogP contribution in [0.5, 0.6) is 0 Å². The number of rotatable bonds is 0. The lowest BCUT2D eigenvalue weighted by Gasteiger charge is -2.36. The highest BCUT2D eigenvalue weighted by molar-refractivity contribution is 9.10. The van der Waals surface area contributed by atoms with E-state index in [2.05, 4.69) is 39.4 Å². The molecule has 2 heterocycles. The second-order valence-electron chi connectivity index (χ2n) is 6.80. The number of piperidine rings is 1. The molecule has 114 valence electrons. The highest BCUT2D eigenvalue weighted by Gasteiger charge is 2.39. The maximum absolute atomic E-state index is 12.3. The molecule has 0 radical (unpaired) electrons. The Morgan fingerprint density at radius 3 is 2.90 bits per heavy atom. The molecular formula is C16H21BrN2O2. The van der Waals surface area contributed by atoms with Crippen LogP contribution in [0, 0.1) is 0 Å². The van der Waals surface area contributed by atoms with Crippen LogP contribution in [0.2, 0.25) is 0 Å². The zero-order valence-electron chi connectivity index (χ0n) is 12.6. The van der Waals surface area contributed by atoms with Gasteiger partial charge in [-0.2, -0.15) is 0 Å². The Kier molecular flexibility index (Phi) is 3.64. The second kappa shape index (κ2) is 5.20. The van der Waals surface area contributed by atoms with E-state index in [9.17, 15) is 4.79 Å². The van der Waals surface area contributed by atoms with E-state index in [1.807, 2.05) is 25.7 Å². The van der Waals surface area contributed by atoms with Crippen LogP contribution in [0.15, 0.2) is 22.7 Å². The largest absolute Gasteiger partial charge is 0.444 e. The van der Waals surface area contributed by atoms with Crippen LogP contribution in [-0.4, -0.2) is 35.7 Å². The van der Waals surface area contributed by atoms with Crippen LogP contribution in [-0.2, 0) is 4.74 Å². The molecule has 0 unspecified atom stereocenters. The predicted octanol–water partition coefficient (Wildman–Crippen LogP) is 3.97. The number of ether oxygens (including phenoxy) is 1. The van der Waals surface area contributed by atoms with Gasteiger partial charge >= 0.3 is 6.09 Å². The average Bonchev–Trinajstić information content (AvgIpc) is 2.74. The van der Waals surface area contributed by atoms with E-state index in [1.54, 1.807) is 0 Å². The Bertz CT molecular complexity index is 568. The Balaban J connectivity index is 1.76. The Labute approximate surface area is 134 Å². The number of benzene rings is 1. The molecule has 4 nitrogen and oxygen atoms in total. The van der Waals surface area contributed by atoms with Crippen molar-refractivity contribution in [3.05, 3.63) is 28.2 Å². The molecule has 1 aromatic carbocycles. The number of likely N-dealkylation sites (tertiary alicyclic amines) is 1. The maximum atomic E-state index is 12.3. The van der Waals surface area contributed by atoms with Crippen molar-refractivity contribution in [2.75, 3.05) is 18.4 Å². The van der Waals surface area contributed by atoms with Gasteiger partial charge < -0.3 is 15.0 Å². The van der Waals surface area contributed by atoms with Crippen molar-refractivity contribution in [3.63, 3.8) is 0 Å². The van der Waals surface area contributed by atoms with Crippen LogP contribution >= 0.6 is 15.9 Å². The molecule has 1 N–H and O–H groups in total. The first kappa shape index (κ1) is 14.7. The zero-order valence-corrected chi connectivity index (χ0v) is 14.2. The molecule has 0 spiro atoms. The van der Waals surface area contributed by atoms with E-state index >= 15 is 0 Å². The number of anilines is 1. The molecule has 0 aromatic heterocycles. The molecule has 1 amide bonds. The fourth-order valence-corrected chi connectivity index (χ4v) is 3.48. The normalized spacial score (nSPS) is 24.1. The summed E-state index contributed by atoms with van der Waals surface area (Å²) in [7, 11) is 0. The first-order valence-corrected chi connectivity index (χ1v) is 8.17. The Hall–Kier alpha value is -1.23. The topological polar surface area (TPSA) is 41.6 Å². The molecule has 1 fully saturated rings. The van der Waals surface area contributed by atoms with Crippen molar-refractivity contribution in [1.82, 2.24) is 4.90 Å². The number of fused-ring (bicyclic) bond motifs is 3. The highest BCUT2D eigenvalue weighted by atomic mass is 79.9. The summed E-state index contributed by atoms with van der Waals surface area (Å²) in [4.78, 5) is 14.1. The van der Waals surface area contributed by atoms with Gasteiger partial charge in [0, 0.05) is 35.2 Å². The number of hydrogen-bond donors (Lipinski definition) is 1. The van der Waals surface area contributed by atoms with Gasteiger partial charge in [0.25, 0.3) is 0 Å². The molecular weight excluding hydrogens is 332 g/mol. The minimum Gasteiger partial charge on any atom is -0.444 e. The van der Waals surface area contributed by atoms with Crippen molar-refractivity contribution < 1.29 is 9.53 Å². The maximum Gasteiger partial charge on any atom is 0.410 e. The summed E-state index contributed by atoms with van der Waals surface area (Å²) < 4.78 is 6.58. The monoisotopic (exact) mass is 352 g/mol. The van der Waals surface area contributed by atoms with Gasteiger partial charge in [-0.15, -0.1) is 0 Å². The molecule has 2 aliphatic rings. The van der Waals surface area contributed by atoms with Crippen molar-refractivity contribution in [2.45, 2.75) is 44.8 Å². The van der Waals surface area contributed by atoms with Gasteiger partial charge in [0.05, 0.1) is 0 Å². The average molecular weight is 353 g/mol. The second-order valence-corrected chi connectivity index (χ2v) is 7.72. The number of nitrogens with one attached hydrogen (secondary N) is 1. The molecule has 2 aliphatic heterocycles. The van der Waals surface area contributed by atoms with Crippen LogP contribution in [0.1, 0.15) is 38.7 Å². The first-order chi connectivity index (χ1) is 9.83. The van der Waals surface area contributed by atoms with Crippen molar-refractivity contribution in [1.29, 1.82) is 0 Å². The molecule has 0 saturated carbocycles. The smallest absolute Gasteiger partial charge is 0.410 e. The summed E-state index contributed by atoms with van der Waals surface area (Å²) in [5.74, 6) is 0.346. The minimum absolute atomic E-state index is 0.204. The van der Waals surface area contributed by atoms with Crippen LogP contribution in [0.4, 0.5) is 10.5 Å². The minimum atomic E-state index is -0.442. The van der Waals surface area contributed by atoms with Crippen molar-refractivity contribution >= 4 is 27.7 Å². The number of nitrogens with zero attached hydrogens (tertiary/aromatic N) is 1. The highest BCUT2D eigenvalue weighted by Crippen LogP contribution is 2.41. The van der Waals surface area contributed by atoms with E-state index in [4.69, 9.17) is 4.74 Å². The number of carbonyl (C=O) groups excluding carboxylic acids is 1. The summed E-state index contributed by atoms with van der Waals surface area (Å²) in [5, 5.41) is 3.57. The molecule has 1 aromatic rings. The van der Waals surface area contributed by atoms with Crippen molar-refractivity contribution in [2.24, 2.45) is 0 Å². The SMILES string of the molecule is CC(C)(C)OC(=O)N1CC[C@@H]2Nc3ccc(Br)cc3[C@H]2C1. The third kappa shape index (κ3) is 3.03. The van der Waals surface area contributed by atoms with E-state index in [1.165, 1.54) is 11.3 Å². The standard InChI is InChI=1S/C16H21BrN2O2/c1-16(2,3)21-15(20)19-7-6-14-12(9-19)11-8-10(17)4-5-13(11)18-14/h4-5,8,12,14,18H,6-7,9H2,1-3H3/t12-,14+/m1/s1. The third-order valence-corrected chi connectivity index (χ3v) is 4.51. The quantitative estimate of drug-likeness (QED) is 0.767. The van der Waals surface area contributed by atoms with Gasteiger partial charge in [0.2, 0.25) is 0 Å². The summed E-state index contributed by atoms with van der Waals surface area (Å²) in [5.41, 5.74) is 2.05. The van der Waals surface area contributed by atoms with Gasteiger partial charge in [-0.1, -0.05) is 15.9 Å². The predicted molar refractivity (Wildman–Crippen MR) is 86.7 cm³/mol. The first-order valence-electron chi connectivity index (χ1n) is 7.37. The summed E-state index contributed by atoms with van der Waals surface area (Å²) in [6.45, 7) is 7.18.